The van der Waals surface area contributed by atoms with Gasteiger partial charge in [-0.3, -0.25) is 9.79 Å². The van der Waals surface area contributed by atoms with Crippen LogP contribution in [-0.2, 0) is 0 Å². The van der Waals surface area contributed by atoms with E-state index in [1.54, 1.807) is 12.1 Å². The van der Waals surface area contributed by atoms with E-state index in [-0.39, 0.29) is 0 Å². The Morgan fingerprint density at radius 3 is 2.38 bits per heavy atom. The van der Waals surface area contributed by atoms with E-state index in [4.69, 9.17) is 0 Å². The van der Waals surface area contributed by atoms with E-state index >= 15 is 0 Å². The van der Waals surface area contributed by atoms with Gasteiger partial charge in [-0.15, -0.1) is 0 Å². The molecule has 1 N–H and O–H groups in total. The van der Waals surface area contributed by atoms with Crippen molar-refractivity contribution in [2.75, 3.05) is 11.9 Å². The lowest BCUT2D eigenvalue weighted by atomic mass is 9.91. The summed E-state index contributed by atoms with van der Waals surface area (Å²) in [6.07, 6.45) is 1.79. The Morgan fingerprint density at radius 2 is 1.77 bits per heavy atom. The molecule has 1 amide bonds. The zero-order valence-corrected chi connectivity index (χ0v) is 14.8. The summed E-state index contributed by atoms with van der Waals surface area (Å²) in [5.74, 6) is -2.57. The summed E-state index contributed by atoms with van der Waals surface area (Å²) in [5.41, 5.74) is 4.45. The third kappa shape index (κ3) is 3.57. The second-order valence-corrected chi connectivity index (χ2v) is 6.22. The van der Waals surface area contributed by atoms with Crippen LogP contribution >= 0.6 is 0 Å². The molecule has 0 fully saturated rings. The number of carbonyl (C=O) groups is 1. The SMILES string of the molecule is CCC1=NCCC(C)=C1c1ccc(NC(=O)c2c(F)cccc2F)cc1. The first-order chi connectivity index (χ1) is 12.5. The molecule has 0 aliphatic carbocycles. The first-order valence-corrected chi connectivity index (χ1v) is 8.60. The second kappa shape index (κ2) is 7.60. The van der Waals surface area contributed by atoms with E-state index < -0.39 is 23.1 Å². The van der Waals surface area contributed by atoms with Gasteiger partial charge in [0.15, 0.2) is 0 Å². The molecule has 0 radical (unpaired) electrons. The summed E-state index contributed by atoms with van der Waals surface area (Å²) in [6, 6.07) is 10.6. The predicted molar refractivity (Wildman–Crippen MR) is 101 cm³/mol. The molecule has 134 valence electrons. The average molecular weight is 354 g/mol. The Labute approximate surface area is 151 Å². The molecule has 2 aromatic rings. The molecule has 1 aliphatic rings. The molecule has 0 saturated heterocycles. The molecule has 1 aliphatic heterocycles. The summed E-state index contributed by atoms with van der Waals surface area (Å²) in [4.78, 5) is 16.8. The van der Waals surface area contributed by atoms with Crippen molar-refractivity contribution < 1.29 is 13.6 Å². The van der Waals surface area contributed by atoms with E-state index in [1.807, 2.05) is 12.1 Å². The third-order valence-corrected chi connectivity index (χ3v) is 4.46. The fourth-order valence-corrected chi connectivity index (χ4v) is 3.14. The van der Waals surface area contributed by atoms with Crippen molar-refractivity contribution in [2.45, 2.75) is 26.7 Å². The number of anilines is 1. The summed E-state index contributed by atoms with van der Waals surface area (Å²) in [5, 5.41) is 2.54. The minimum atomic E-state index is -0.883. The number of rotatable bonds is 4. The Morgan fingerprint density at radius 1 is 1.12 bits per heavy atom. The first kappa shape index (κ1) is 18.0. The van der Waals surface area contributed by atoms with Crippen LogP contribution in [0.2, 0.25) is 0 Å². The maximum Gasteiger partial charge on any atom is 0.261 e. The molecule has 5 heteroatoms. The van der Waals surface area contributed by atoms with Gasteiger partial charge in [0.1, 0.15) is 17.2 Å². The highest BCUT2D eigenvalue weighted by Crippen LogP contribution is 2.28. The highest BCUT2D eigenvalue weighted by atomic mass is 19.1. The van der Waals surface area contributed by atoms with Crippen LogP contribution in [0, 0.1) is 11.6 Å². The number of hydrogen-bond acceptors (Lipinski definition) is 2. The van der Waals surface area contributed by atoms with Crippen molar-refractivity contribution in [3.63, 3.8) is 0 Å². The maximum atomic E-state index is 13.7. The Hall–Kier alpha value is -2.82. The molecular formula is C21H20F2N2O. The molecule has 1 heterocycles. The molecule has 0 bridgehead atoms. The van der Waals surface area contributed by atoms with Crippen molar-refractivity contribution >= 4 is 22.9 Å². The molecular weight excluding hydrogens is 334 g/mol. The van der Waals surface area contributed by atoms with Gasteiger partial charge < -0.3 is 5.32 Å². The van der Waals surface area contributed by atoms with Crippen molar-refractivity contribution in [1.82, 2.24) is 0 Å². The lowest BCUT2D eigenvalue weighted by Crippen LogP contribution is -2.16. The van der Waals surface area contributed by atoms with Crippen LogP contribution in [0.4, 0.5) is 14.5 Å². The van der Waals surface area contributed by atoms with Crippen molar-refractivity contribution in [1.29, 1.82) is 0 Å². The van der Waals surface area contributed by atoms with Crippen LogP contribution < -0.4 is 5.32 Å². The van der Waals surface area contributed by atoms with Crippen LogP contribution in [0.1, 0.15) is 42.6 Å². The smallest absolute Gasteiger partial charge is 0.261 e. The van der Waals surface area contributed by atoms with E-state index in [9.17, 15) is 13.6 Å². The minimum Gasteiger partial charge on any atom is -0.322 e. The summed E-state index contributed by atoms with van der Waals surface area (Å²) < 4.78 is 27.4. The number of halogens is 2. The number of allylic oxidation sites excluding steroid dienone is 1. The maximum absolute atomic E-state index is 13.7. The Bertz CT molecular complexity index is 878. The molecule has 0 saturated carbocycles. The third-order valence-electron chi connectivity index (χ3n) is 4.46. The summed E-state index contributed by atoms with van der Waals surface area (Å²) >= 11 is 0. The quantitative estimate of drug-likeness (QED) is 0.801. The van der Waals surface area contributed by atoms with Gasteiger partial charge in [-0.25, -0.2) is 8.78 Å². The lowest BCUT2D eigenvalue weighted by Gasteiger charge is -2.19. The molecule has 3 nitrogen and oxygen atoms in total. The number of hydrogen-bond donors (Lipinski definition) is 1. The Kier molecular flexibility index (Phi) is 5.26. The summed E-state index contributed by atoms with van der Waals surface area (Å²) in [6.45, 7) is 5.01. The van der Waals surface area contributed by atoms with E-state index in [2.05, 4.69) is 24.2 Å². The Balaban J connectivity index is 1.82. The van der Waals surface area contributed by atoms with Crippen molar-refractivity contribution in [3.8, 4) is 0 Å². The molecule has 0 unspecified atom stereocenters. The lowest BCUT2D eigenvalue weighted by molar-refractivity contribution is 0.101. The highest BCUT2D eigenvalue weighted by molar-refractivity contribution is 6.25. The van der Waals surface area contributed by atoms with Crippen LogP contribution in [-0.4, -0.2) is 18.2 Å². The largest absolute Gasteiger partial charge is 0.322 e. The fourth-order valence-electron chi connectivity index (χ4n) is 3.14. The number of aliphatic imine (C=N–C) groups is 1. The number of carbonyl (C=O) groups excluding carboxylic acids is 1. The molecule has 0 atom stereocenters. The summed E-state index contributed by atoms with van der Waals surface area (Å²) in [7, 11) is 0. The molecule has 26 heavy (non-hydrogen) atoms. The first-order valence-electron chi connectivity index (χ1n) is 8.60. The minimum absolute atomic E-state index is 0.477. The number of dihydropyridines is 1. The zero-order valence-electron chi connectivity index (χ0n) is 14.8. The van der Waals surface area contributed by atoms with Gasteiger partial charge in [0.2, 0.25) is 0 Å². The van der Waals surface area contributed by atoms with E-state index in [1.165, 1.54) is 11.6 Å². The number of nitrogens with zero attached hydrogens (tertiary/aromatic N) is 1. The van der Waals surface area contributed by atoms with Gasteiger partial charge in [-0.05, 0) is 49.6 Å². The molecule has 3 rings (SSSR count). The average Bonchev–Trinajstić information content (AvgIpc) is 2.62. The number of benzene rings is 2. The van der Waals surface area contributed by atoms with Gasteiger partial charge in [-0.1, -0.05) is 30.7 Å². The van der Waals surface area contributed by atoms with Crippen LogP contribution in [0.25, 0.3) is 5.57 Å². The van der Waals surface area contributed by atoms with Crippen molar-refractivity contribution in [3.05, 3.63) is 70.8 Å². The van der Waals surface area contributed by atoms with Gasteiger partial charge >= 0.3 is 0 Å². The molecule has 0 aromatic heterocycles. The second-order valence-electron chi connectivity index (χ2n) is 6.22. The predicted octanol–water partition coefficient (Wildman–Crippen LogP) is 5.25. The van der Waals surface area contributed by atoms with Gasteiger partial charge in [0.05, 0.1) is 0 Å². The van der Waals surface area contributed by atoms with Gasteiger partial charge in [-0.2, -0.15) is 0 Å². The van der Waals surface area contributed by atoms with Crippen LogP contribution in [0.15, 0.2) is 53.0 Å². The fraction of sp³-hybridized carbons (Fsp3) is 0.238. The van der Waals surface area contributed by atoms with Gasteiger partial charge in [0.25, 0.3) is 5.91 Å². The highest BCUT2D eigenvalue weighted by Gasteiger charge is 2.18. The van der Waals surface area contributed by atoms with Crippen molar-refractivity contribution in [2.24, 2.45) is 4.99 Å². The topological polar surface area (TPSA) is 41.5 Å². The van der Waals surface area contributed by atoms with Crippen LogP contribution in [0.3, 0.4) is 0 Å². The number of amides is 1. The molecule has 0 spiro atoms. The normalized spacial score (nSPS) is 14.2. The van der Waals surface area contributed by atoms with E-state index in [0.717, 1.165) is 48.4 Å². The zero-order chi connectivity index (χ0) is 18.7. The number of nitrogens with one attached hydrogen (secondary N) is 1. The van der Waals surface area contributed by atoms with Gasteiger partial charge in [0, 0.05) is 23.5 Å². The van der Waals surface area contributed by atoms with E-state index in [0.29, 0.717) is 5.69 Å². The monoisotopic (exact) mass is 354 g/mol. The standard InChI is InChI=1S/C21H20F2N2O/c1-3-18-19(13(2)11-12-24-18)14-7-9-15(10-8-14)25-21(26)20-16(22)5-4-6-17(20)23/h4-10H,3,11-12H2,1-2H3,(H,25,26). The van der Waals surface area contributed by atoms with Crippen LogP contribution in [0.5, 0.6) is 0 Å². The molecule has 2 aromatic carbocycles.